The summed E-state index contributed by atoms with van der Waals surface area (Å²) in [5.74, 6) is 0.536. The zero-order chi connectivity index (χ0) is 20.1. The Kier molecular flexibility index (Phi) is 4.45. The topological polar surface area (TPSA) is 16.4 Å². The van der Waals surface area contributed by atoms with Crippen LogP contribution < -0.4 is 4.90 Å². The molecule has 28 heavy (non-hydrogen) atoms. The second kappa shape index (κ2) is 6.70. The summed E-state index contributed by atoms with van der Waals surface area (Å²) in [5, 5.41) is 2.36. The lowest BCUT2D eigenvalue weighted by Gasteiger charge is -2.20. The van der Waals surface area contributed by atoms with Gasteiger partial charge in [0.15, 0.2) is 5.58 Å². The standard InChI is InChI=1S/C26H29NO/c1-17(2)18-13-15-19(16-14-18)27(6)23-12-8-10-21-20-9-7-11-22(26(3,4)5)24(20)28-25(21)23/h7-17H,1-6H3. The molecular formula is C26H29NO. The van der Waals surface area contributed by atoms with Gasteiger partial charge in [-0.05, 0) is 35.1 Å². The van der Waals surface area contributed by atoms with Crippen molar-refractivity contribution in [1.29, 1.82) is 0 Å². The van der Waals surface area contributed by atoms with Gasteiger partial charge in [0, 0.05) is 29.1 Å². The number of para-hydroxylation sites is 2. The number of benzene rings is 3. The molecule has 3 aromatic carbocycles. The molecule has 1 heterocycles. The zero-order valence-corrected chi connectivity index (χ0v) is 17.7. The van der Waals surface area contributed by atoms with Crippen LogP contribution in [0.25, 0.3) is 21.9 Å². The van der Waals surface area contributed by atoms with Crippen molar-refractivity contribution >= 4 is 33.3 Å². The minimum atomic E-state index is 0.0339. The Bertz CT molecular complexity index is 1130. The van der Waals surface area contributed by atoms with E-state index in [-0.39, 0.29) is 5.41 Å². The lowest BCUT2D eigenvalue weighted by molar-refractivity contribution is 0.573. The van der Waals surface area contributed by atoms with Crippen molar-refractivity contribution in [2.75, 3.05) is 11.9 Å². The predicted octanol–water partition coefficient (Wildman–Crippen LogP) is 7.77. The average molecular weight is 372 g/mol. The quantitative estimate of drug-likeness (QED) is 0.365. The first-order valence-corrected chi connectivity index (χ1v) is 10.1. The summed E-state index contributed by atoms with van der Waals surface area (Å²) in [5.41, 5.74) is 6.83. The fourth-order valence-corrected chi connectivity index (χ4v) is 3.88. The fourth-order valence-electron chi connectivity index (χ4n) is 3.88. The molecule has 0 N–H and O–H groups in total. The molecule has 4 aromatic rings. The van der Waals surface area contributed by atoms with Gasteiger partial charge in [-0.25, -0.2) is 0 Å². The minimum absolute atomic E-state index is 0.0339. The number of hydrogen-bond acceptors (Lipinski definition) is 2. The van der Waals surface area contributed by atoms with E-state index in [1.165, 1.54) is 21.9 Å². The summed E-state index contributed by atoms with van der Waals surface area (Å²) < 4.78 is 6.50. The van der Waals surface area contributed by atoms with Crippen molar-refractivity contribution in [3.8, 4) is 0 Å². The molecule has 2 heteroatoms. The van der Waals surface area contributed by atoms with Gasteiger partial charge in [0.05, 0.1) is 5.69 Å². The van der Waals surface area contributed by atoms with E-state index in [0.29, 0.717) is 5.92 Å². The van der Waals surface area contributed by atoms with Crippen LogP contribution in [0.1, 0.15) is 51.7 Å². The van der Waals surface area contributed by atoms with Gasteiger partial charge in [-0.2, -0.15) is 0 Å². The molecule has 0 unspecified atom stereocenters. The molecule has 0 fully saturated rings. The van der Waals surface area contributed by atoms with Crippen LogP contribution in [0.3, 0.4) is 0 Å². The maximum atomic E-state index is 6.50. The van der Waals surface area contributed by atoms with E-state index in [1.54, 1.807) is 0 Å². The third-order valence-corrected chi connectivity index (χ3v) is 5.62. The molecule has 0 bridgehead atoms. The van der Waals surface area contributed by atoms with Crippen LogP contribution in [0, 0.1) is 0 Å². The van der Waals surface area contributed by atoms with Crippen LogP contribution in [0.2, 0.25) is 0 Å². The number of rotatable bonds is 3. The fraction of sp³-hybridized carbons (Fsp3) is 0.308. The van der Waals surface area contributed by atoms with E-state index in [4.69, 9.17) is 4.42 Å². The van der Waals surface area contributed by atoms with Crippen LogP contribution >= 0.6 is 0 Å². The molecule has 1 aromatic heterocycles. The molecule has 0 aliphatic heterocycles. The maximum absolute atomic E-state index is 6.50. The average Bonchev–Trinajstić information content (AvgIpc) is 3.05. The molecule has 0 saturated heterocycles. The lowest BCUT2D eigenvalue weighted by atomic mass is 9.86. The molecule has 2 nitrogen and oxygen atoms in total. The lowest BCUT2D eigenvalue weighted by Crippen LogP contribution is -2.11. The van der Waals surface area contributed by atoms with Crippen LogP contribution in [0.4, 0.5) is 11.4 Å². The molecule has 0 amide bonds. The Hall–Kier alpha value is -2.74. The Morgan fingerprint density at radius 1 is 0.786 bits per heavy atom. The molecule has 0 aliphatic rings. The highest BCUT2D eigenvalue weighted by Crippen LogP contribution is 2.40. The van der Waals surface area contributed by atoms with E-state index in [0.717, 1.165) is 22.5 Å². The van der Waals surface area contributed by atoms with Crippen molar-refractivity contribution < 1.29 is 4.42 Å². The third kappa shape index (κ3) is 3.07. The Balaban J connectivity index is 1.88. The van der Waals surface area contributed by atoms with Crippen molar-refractivity contribution in [2.45, 2.75) is 46.0 Å². The van der Waals surface area contributed by atoms with Gasteiger partial charge in [-0.3, -0.25) is 0 Å². The predicted molar refractivity (Wildman–Crippen MR) is 121 cm³/mol. The van der Waals surface area contributed by atoms with E-state index in [2.05, 4.69) is 107 Å². The number of nitrogens with zero attached hydrogens (tertiary/aromatic N) is 1. The highest BCUT2D eigenvalue weighted by Gasteiger charge is 2.22. The minimum Gasteiger partial charge on any atom is -0.454 e. The van der Waals surface area contributed by atoms with Gasteiger partial charge in [0.1, 0.15) is 5.58 Å². The summed E-state index contributed by atoms with van der Waals surface area (Å²) in [6.07, 6.45) is 0. The highest BCUT2D eigenvalue weighted by atomic mass is 16.3. The molecular weight excluding hydrogens is 342 g/mol. The van der Waals surface area contributed by atoms with Gasteiger partial charge in [-0.15, -0.1) is 0 Å². The Labute approximate surface area is 167 Å². The number of fused-ring (bicyclic) bond motifs is 3. The smallest absolute Gasteiger partial charge is 0.159 e. The van der Waals surface area contributed by atoms with Gasteiger partial charge in [0.2, 0.25) is 0 Å². The SMILES string of the molecule is CC(C)c1ccc(N(C)c2cccc3c2oc2c(C(C)(C)C)cccc23)cc1. The summed E-state index contributed by atoms with van der Waals surface area (Å²) in [7, 11) is 2.11. The van der Waals surface area contributed by atoms with Gasteiger partial charge < -0.3 is 9.32 Å². The van der Waals surface area contributed by atoms with Crippen LogP contribution in [0.5, 0.6) is 0 Å². The molecule has 0 atom stereocenters. The number of furan rings is 1. The second-order valence-electron chi connectivity index (χ2n) is 8.99. The maximum Gasteiger partial charge on any atom is 0.159 e. The summed E-state index contributed by atoms with van der Waals surface area (Å²) >= 11 is 0. The van der Waals surface area contributed by atoms with Crippen molar-refractivity contribution in [3.63, 3.8) is 0 Å². The molecule has 0 aliphatic carbocycles. The molecule has 0 radical (unpaired) electrons. The first-order chi connectivity index (χ1) is 13.3. The van der Waals surface area contributed by atoms with E-state index in [9.17, 15) is 0 Å². The zero-order valence-electron chi connectivity index (χ0n) is 17.7. The van der Waals surface area contributed by atoms with Crippen molar-refractivity contribution in [3.05, 3.63) is 71.8 Å². The van der Waals surface area contributed by atoms with Crippen molar-refractivity contribution in [2.24, 2.45) is 0 Å². The first kappa shape index (κ1) is 18.6. The third-order valence-electron chi connectivity index (χ3n) is 5.62. The Morgan fingerprint density at radius 3 is 2.00 bits per heavy atom. The number of hydrogen-bond donors (Lipinski definition) is 0. The monoisotopic (exact) mass is 371 g/mol. The largest absolute Gasteiger partial charge is 0.454 e. The van der Waals surface area contributed by atoms with Crippen LogP contribution in [-0.4, -0.2) is 7.05 Å². The normalized spacial score (nSPS) is 12.2. The van der Waals surface area contributed by atoms with Gasteiger partial charge in [0.25, 0.3) is 0 Å². The summed E-state index contributed by atoms with van der Waals surface area (Å²) in [6.45, 7) is 11.1. The second-order valence-corrected chi connectivity index (χ2v) is 8.99. The van der Waals surface area contributed by atoms with Crippen molar-refractivity contribution in [1.82, 2.24) is 0 Å². The summed E-state index contributed by atoms with van der Waals surface area (Å²) in [4.78, 5) is 2.21. The van der Waals surface area contributed by atoms with Gasteiger partial charge in [-0.1, -0.05) is 77.1 Å². The Morgan fingerprint density at radius 2 is 1.39 bits per heavy atom. The highest BCUT2D eigenvalue weighted by molar-refractivity contribution is 6.10. The molecule has 144 valence electrons. The molecule has 0 spiro atoms. The molecule has 4 rings (SSSR count). The summed E-state index contributed by atoms with van der Waals surface area (Å²) in [6, 6.07) is 21.7. The number of anilines is 2. The first-order valence-electron chi connectivity index (χ1n) is 10.1. The van der Waals surface area contributed by atoms with Gasteiger partial charge >= 0.3 is 0 Å². The van der Waals surface area contributed by atoms with E-state index < -0.39 is 0 Å². The van der Waals surface area contributed by atoms with Crippen LogP contribution in [-0.2, 0) is 5.41 Å². The van der Waals surface area contributed by atoms with Crippen LogP contribution in [0.15, 0.2) is 65.1 Å². The molecule has 0 saturated carbocycles. The van der Waals surface area contributed by atoms with E-state index in [1.807, 2.05) is 0 Å². The van der Waals surface area contributed by atoms with E-state index >= 15 is 0 Å².